The highest BCUT2D eigenvalue weighted by molar-refractivity contribution is 7.99. The van der Waals surface area contributed by atoms with Gasteiger partial charge < -0.3 is 11.1 Å². The minimum absolute atomic E-state index is 0.00542. The fourth-order valence-electron chi connectivity index (χ4n) is 3.05. The molecule has 0 bridgehead atoms. The normalized spacial score (nSPS) is 10.9. The molecule has 0 aliphatic rings. The van der Waals surface area contributed by atoms with Gasteiger partial charge in [-0.15, -0.1) is 11.8 Å². The first-order valence-electron chi connectivity index (χ1n) is 9.05. The maximum Gasteiger partial charge on any atom is 0.254 e. The minimum atomic E-state index is -0.554. The smallest absolute Gasteiger partial charge is 0.254 e. The molecule has 8 heteroatoms. The van der Waals surface area contributed by atoms with E-state index >= 15 is 0 Å². The summed E-state index contributed by atoms with van der Waals surface area (Å²) in [4.78, 5) is 29.3. The van der Waals surface area contributed by atoms with Crippen LogP contribution in [0.1, 0.15) is 33.7 Å². The molecule has 0 unspecified atom stereocenters. The van der Waals surface area contributed by atoms with Crippen molar-refractivity contribution in [1.29, 1.82) is 0 Å². The number of thioether (sulfide) groups is 1. The van der Waals surface area contributed by atoms with Gasteiger partial charge in [-0.2, -0.15) is 5.10 Å². The molecule has 1 aromatic carbocycles. The summed E-state index contributed by atoms with van der Waals surface area (Å²) in [6, 6.07) is 10.1. The molecule has 0 atom stereocenters. The topological polar surface area (TPSA) is 102 Å². The van der Waals surface area contributed by atoms with E-state index in [4.69, 9.17) is 5.73 Å². The molecule has 0 radical (unpaired) electrons. The van der Waals surface area contributed by atoms with Crippen LogP contribution in [0, 0.1) is 13.8 Å². The first-order valence-corrected chi connectivity index (χ1v) is 10.0. The van der Waals surface area contributed by atoms with Crippen molar-refractivity contribution in [2.24, 2.45) is 5.73 Å². The van der Waals surface area contributed by atoms with Crippen molar-refractivity contribution in [1.82, 2.24) is 19.9 Å². The van der Waals surface area contributed by atoms with Gasteiger partial charge in [0.2, 0.25) is 5.91 Å². The van der Waals surface area contributed by atoms with E-state index < -0.39 is 5.91 Å². The number of aryl methyl sites for hydroxylation is 2. The van der Waals surface area contributed by atoms with Gasteiger partial charge in [0.15, 0.2) is 5.65 Å². The molecular formula is C20H23N5O2S. The Morgan fingerprint density at radius 2 is 1.96 bits per heavy atom. The number of benzene rings is 1. The number of nitrogens with zero attached hydrogens (tertiary/aromatic N) is 3. The molecule has 0 saturated carbocycles. The number of nitrogens with two attached hydrogens (primary N) is 1. The van der Waals surface area contributed by atoms with E-state index in [0.717, 1.165) is 22.7 Å². The van der Waals surface area contributed by atoms with Gasteiger partial charge >= 0.3 is 0 Å². The number of nitrogens with one attached hydrogen (secondary N) is 1. The molecule has 0 saturated heterocycles. The lowest BCUT2D eigenvalue weighted by Crippen LogP contribution is -2.26. The van der Waals surface area contributed by atoms with Crippen molar-refractivity contribution in [3.05, 3.63) is 59.0 Å². The zero-order valence-corrected chi connectivity index (χ0v) is 16.8. The number of amides is 2. The van der Waals surface area contributed by atoms with E-state index in [2.05, 4.69) is 27.5 Å². The lowest BCUT2D eigenvalue weighted by molar-refractivity contribution is -0.120. The summed E-state index contributed by atoms with van der Waals surface area (Å²) in [5.41, 5.74) is 8.72. The van der Waals surface area contributed by atoms with E-state index in [1.807, 2.05) is 32.0 Å². The van der Waals surface area contributed by atoms with Crippen LogP contribution in [0.2, 0.25) is 0 Å². The van der Waals surface area contributed by atoms with Crippen LogP contribution in [-0.4, -0.2) is 38.7 Å². The van der Waals surface area contributed by atoms with Crippen molar-refractivity contribution in [3.63, 3.8) is 0 Å². The zero-order valence-electron chi connectivity index (χ0n) is 15.9. The molecule has 2 amide bonds. The number of aromatic nitrogens is 3. The number of primary amides is 1. The molecule has 7 nitrogen and oxygen atoms in total. The van der Waals surface area contributed by atoms with E-state index in [9.17, 15) is 9.59 Å². The maximum atomic E-state index is 12.2. The Kier molecular flexibility index (Phi) is 6.30. The molecule has 3 aromatic rings. The van der Waals surface area contributed by atoms with Crippen LogP contribution in [0.3, 0.4) is 0 Å². The van der Waals surface area contributed by atoms with Gasteiger partial charge in [0.25, 0.3) is 5.91 Å². The van der Waals surface area contributed by atoms with Crippen LogP contribution in [0.25, 0.3) is 5.65 Å². The van der Waals surface area contributed by atoms with Crippen molar-refractivity contribution in [2.45, 2.75) is 31.6 Å². The SMILES string of the molecule is Cc1nc2c(C(N)=O)cnn2c(C)c1CCC(=O)NCCSc1ccccc1. The molecule has 0 aliphatic heterocycles. The fraction of sp³-hybridized carbons (Fsp3) is 0.300. The lowest BCUT2D eigenvalue weighted by Gasteiger charge is -2.11. The minimum Gasteiger partial charge on any atom is -0.365 e. The summed E-state index contributed by atoms with van der Waals surface area (Å²) in [6.07, 6.45) is 2.36. The van der Waals surface area contributed by atoms with Crippen LogP contribution < -0.4 is 11.1 Å². The number of fused-ring (bicyclic) bond motifs is 1. The van der Waals surface area contributed by atoms with Crippen LogP contribution in [0.4, 0.5) is 0 Å². The number of hydrogen-bond donors (Lipinski definition) is 2. The van der Waals surface area contributed by atoms with Gasteiger partial charge in [-0.3, -0.25) is 9.59 Å². The zero-order chi connectivity index (χ0) is 20.1. The molecule has 2 heterocycles. The Bertz CT molecular complexity index is 1000. The standard InChI is InChI=1S/C20H23N5O2S/c1-13-16(14(2)25-20(24-13)17(12-23-25)19(21)27)8-9-18(26)22-10-11-28-15-6-4-3-5-7-15/h3-7,12H,8-11H2,1-2H3,(H2,21,27)(H,22,26). The highest BCUT2D eigenvalue weighted by atomic mass is 32.2. The summed E-state index contributed by atoms with van der Waals surface area (Å²) >= 11 is 1.71. The largest absolute Gasteiger partial charge is 0.365 e. The first kappa shape index (κ1) is 19.9. The highest BCUT2D eigenvalue weighted by Crippen LogP contribution is 2.19. The Balaban J connectivity index is 1.56. The third kappa shape index (κ3) is 4.51. The third-order valence-corrected chi connectivity index (χ3v) is 5.53. The van der Waals surface area contributed by atoms with Gasteiger partial charge in [0.05, 0.1) is 6.20 Å². The number of rotatable bonds is 8. The van der Waals surface area contributed by atoms with Crippen molar-refractivity contribution >= 4 is 29.2 Å². The predicted molar refractivity (Wildman–Crippen MR) is 109 cm³/mol. The summed E-state index contributed by atoms with van der Waals surface area (Å²) in [6.45, 7) is 4.40. The molecule has 0 spiro atoms. The van der Waals surface area contributed by atoms with Gasteiger partial charge in [0, 0.05) is 35.0 Å². The Hall–Kier alpha value is -2.87. The predicted octanol–water partition coefficient (Wildman–Crippen LogP) is 2.29. The highest BCUT2D eigenvalue weighted by Gasteiger charge is 2.17. The van der Waals surface area contributed by atoms with E-state index in [-0.39, 0.29) is 5.91 Å². The van der Waals surface area contributed by atoms with Crippen molar-refractivity contribution in [3.8, 4) is 0 Å². The van der Waals surface area contributed by atoms with Gasteiger partial charge in [-0.25, -0.2) is 9.50 Å². The fourth-order valence-corrected chi connectivity index (χ4v) is 3.84. The summed E-state index contributed by atoms with van der Waals surface area (Å²) in [5, 5.41) is 7.16. The molecule has 2 aromatic heterocycles. The Labute approximate surface area is 167 Å². The average molecular weight is 398 g/mol. The Morgan fingerprint density at radius 1 is 1.21 bits per heavy atom. The molecule has 3 N–H and O–H groups in total. The monoisotopic (exact) mass is 397 g/mol. The van der Waals surface area contributed by atoms with Crippen LogP contribution in [0.5, 0.6) is 0 Å². The molecule has 28 heavy (non-hydrogen) atoms. The molecule has 0 fully saturated rings. The summed E-state index contributed by atoms with van der Waals surface area (Å²) in [7, 11) is 0. The second-order valence-corrected chi connectivity index (χ2v) is 7.60. The second-order valence-electron chi connectivity index (χ2n) is 6.43. The average Bonchev–Trinajstić information content (AvgIpc) is 3.10. The van der Waals surface area contributed by atoms with E-state index in [0.29, 0.717) is 30.6 Å². The van der Waals surface area contributed by atoms with Crippen LogP contribution in [0.15, 0.2) is 41.4 Å². The number of carbonyl (C=O) groups excluding carboxylic acids is 2. The quantitative estimate of drug-likeness (QED) is 0.448. The van der Waals surface area contributed by atoms with Gasteiger partial charge in [-0.1, -0.05) is 18.2 Å². The number of carbonyl (C=O) groups is 2. The molecular weight excluding hydrogens is 374 g/mol. The van der Waals surface area contributed by atoms with Crippen LogP contribution in [-0.2, 0) is 11.2 Å². The molecule has 0 aliphatic carbocycles. The Morgan fingerprint density at radius 3 is 2.68 bits per heavy atom. The number of hydrogen-bond acceptors (Lipinski definition) is 5. The summed E-state index contributed by atoms with van der Waals surface area (Å²) in [5.74, 6) is 0.275. The third-order valence-electron chi connectivity index (χ3n) is 4.51. The molecule has 146 valence electrons. The first-order chi connectivity index (χ1) is 13.5. The summed E-state index contributed by atoms with van der Waals surface area (Å²) < 4.78 is 1.61. The van der Waals surface area contributed by atoms with Crippen molar-refractivity contribution in [2.75, 3.05) is 12.3 Å². The maximum absolute atomic E-state index is 12.2. The van der Waals surface area contributed by atoms with E-state index in [1.165, 1.54) is 11.1 Å². The van der Waals surface area contributed by atoms with Crippen LogP contribution >= 0.6 is 11.8 Å². The lowest BCUT2D eigenvalue weighted by atomic mass is 10.1. The van der Waals surface area contributed by atoms with Crippen molar-refractivity contribution < 1.29 is 9.59 Å². The molecule has 3 rings (SSSR count). The second kappa shape index (κ2) is 8.88. The van der Waals surface area contributed by atoms with E-state index in [1.54, 1.807) is 16.3 Å². The van der Waals surface area contributed by atoms with Gasteiger partial charge in [-0.05, 0) is 38.0 Å². The van der Waals surface area contributed by atoms with Gasteiger partial charge in [0.1, 0.15) is 5.56 Å².